The second-order valence-corrected chi connectivity index (χ2v) is 7.37. The van der Waals surface area contributed by atoms with Crippen molar-refractivity contribution in [1.82, 2.24) is 15.1 Å². The molecule has 3 N–H and O–H groups in total. The Balaban J connectivity index is 2.06. The summed E-state index contributed by atoms with van der Waals surface area (Å²) in [7, 11) is 0. The molecule has 0 unspecified atom stereocenters. The Kier molecular flexibility index (Phi) is 5.85. The van der Waals surface area contributed by atoms with Crippen molar-refractivity contribution in [2.75, 3.05) is 18.5 Å². The maximum atomic E-state index is 12.1. The average molecular weight is 344 g/mol. The summed E-state index contributed by atoms with van der Waals surface area (Å²) in [4.78, 5) is 12.1. The van der Waals surface area contributed by atoms with Gasteiger partial charge in [-0.3, -0.25) is 5.32 Å². The van der Waals surface area contributed by atoms with E-state index in [9.17, 15) is 4.79 Å². The molecule has 0 atom stereocenters. The molecule has 0 aliphatic heterocycles. The van der Waals surface area contributed by atoms with Gasteiger partial charge in [-0.05, 0) is 55.9 Å². The van der Waals surface area contributed by atoms with Crippen LogP contribution in [-0.4, -0.2) is 34.1 Å². The van der Waals surface area contributed by atoms with Crippen LogP contribution < -0.4 is 10.6 Å². The van der Waals surface area contributed by atoms with E-state index >= 15 is 0 Å². The minimum absolute atomic E-state index is 0.107. The average Bonchev–Trinajstić information content (AvgIpc) is 2.85. The van der Waals surface area contributed by atoms with E-state index in [-0.39, 0.29) is 18.1 Å². The monoisotopic (exact) mass is 344 g/mol. The summed E-state index contributed by atoms with van der Waals surface area (Å²) in [5.74, 6) is 0.508. The third-order valence-electron chi connectivity index (χ3n) is 4.10. The molecule has 1 aromatic carbocycles. The summed E-state index contributed by atoms with van der Waals surface area (Å²) in [6, 6.07) is 7.79. The van der Waals surface area contributed by atoms with Crippen LogP contribution in [0.4, 0.5) is 10.6 Å². The first-order chi connectivity index (χ1) is 11.7. The molecule has 0 fully saturated rings. The summed E-state index contributed by atoms with van der Waals surface area (Å²) < 4.78 is 1.82. The first-order valence-corrected chi connectivity index (χ1v) is 8.51. The predicted octanol–water partition coefficient (Wildman–Crippen LogP) is 3.33. The van der Waals surface area contributed by atoms with E-state index in [4.69, 9.17) is 5.11 Å². The normalized spacial score (nSPS) is 11.4. The van der Waals surface area contributed by atoms with Crippen LogP contribution in [0, 0.1) is 26.2 Å². The van der Waals surface area contributed by atoms with Crippen LogP contribution in [0.15, 0.2) is 24.3 Å². The molecular weight excluding hydrogens is 316 g/mol. The van der Waals surface area contributed by atoms with Crippen LogP contribution in [0.1, 0.15) is 37.1 Å². The van der Waals surface area contributed by atoms with Crippen molar-refractivity contribution < 1.29 is 9.90 Å². The molecule has 0 radical (unpaired) electrons. The predicted molar refractivity (Wildman–Crippen MR) is 100 cm³/mol. The maximum absolute atomic E-state index is 12.1. The number of carbonyl (C=O) groups excluding carboxylic acids is 1. The molecule has 2 amide bonds. The molecule has 1 heterocycles. The summed E-state index contributed by atoms with van der Waals surface area (Å²) in [5.41, 5.74) is 4.11. The molecule has 0 aliphatic carbocycles. The molecule has 0 saturated heterocycles. The van der Waals surface area contributed by atoms with Crippen molar-refractivity contribution in [3.63, 3.8) is 0 Å². The zero-order valence-corrected chi connectivity index (χ0v) is 15.7. The number of hydrogen-bond acceptors (Lipinski definition) is 3. The lowest BCUT2D eigenvalue weighted by Crippen LogP contribution is -2.37. The van der Waals surface area contributed by atoms with Crippen LogP contribution in [0.5, 0.6) is 0 Å². The third-order valence-corrected chi connectivity index (χ3v) is 4.10. The highest BCUT2D eigenvalue weighted by atomic mass is 16.3. The van der Waals surface area contributed by atoms with Gasteiger partial charge in [0.1, 0.15) is 0 Å². The van der Waals surface area contributed by atoms with Gasteiger partial charge >= 0.3 is 6.03 Å². The van der Waals surface area contributed by atoms with Crippen molar-refractivity contribution >= 4 is 11.8 Å². The van der Waals surface area contributed by atoms with Crippen LogP contribution in [0.3, 0.4) is 0 Å². The quantitative estimate of drug-likeness (QED) is 0.752. The Labute approximate surface area is 149 Å². The molecule has 25 heavy (non-hydrogen) atoms. The lowest BCUT2D eigenvalue weighted by molar-refractivity contribution is 0.204. The van der Waals surface area contributed by atoms with Gasteiger partial charge in [-0.25, -0.2) is 9.48 Å². The van der Waals surface area contributed by atoms with Gasteiger partial charge in [0.2, 0.25) is 0 Å². The Bertz CT molecular complexity index is 730. The second kappa shape index (κ2) is 7.70. The molecular formula is C19H28N4O2. The zero-order valence-electron chi connectivity index (χ0n) is 15.7. The van der Waals surface area contributed by atoms with Crippen molar-refractivity contribution in [1.29, 1.82) is 0 Å². The van der Waals surface area contributed by atoms with E-state index in [1.165, 1.54) is 11.1 Å². The first-order valence-electron chi connectivity index (χ1n) is 8.51. The Morgan fingerprint density at radius 1 is 1.16 bits per heavy atom. The van der Waals surface area contributed by atoms with E-state index in [1.807, 2.05) is 31.5 Å². The number of aliphatic hydroxyl groups is 1. The largest absolute Gasteiger partial charge is 0.396 e. The van der Waals surface area contributed by atoms with Crippen LogP contribution in [0.25, 0.3) is 5.69 Å². The Hall–Kier alpha value is -2.34. The fourth-order valence-electron chi connectivity index (χ4n) is 2.74. The Morgan fingerprint density at radius 2 is 1.80 bits per heavy atom. The van der Waals surface area contributed by atoms with E-state index in [0.717, 1.165) is 11.4 Å². The second-order valence-electron chi connectivity index (χ2n) is 7.37. The van der Waals surface area contributed by atoms with Crippen LogP contribution in [0.2, 0.25) is 0 Å². The molecule has 2 aromatic rings. The summed E-state index contributed by atoms with van der Waals surface area (Å²) in [6.07, 6.45) is 0.633. The van der Waals surface area contributed by atoms with Crippen molar-refractivity contribution in [3.8, 4) is 5.69 Å². The van der Waals surface area contributed by atoms with E-state index in [1.54, 1.807) is 0 Å². The van der Waals surface area contributed by atoms with Crippen molar-refractivity contribution in [3.05, 3.63) is 41.1 Å². The highest BCUT2D eigenvalue weighted by Crippen LogP contribution is 2.19. The minimum atomic E-state index is -0.295. The third kappa shape index (κ3) is 5.32. The number of benzene rings is 1. The van der Waals surface area contributed by atoms with Gasteiger partial charge in [-0.2, -0.15) is 0 Å². The number of nitrogens with one attached hydrogen (secondary N) is 2. The number of carbonyl (C=O) groups is 1. The molecule has 0 aliphatic rings. The minimum Gasteiger partial charge on any atom is -0.396 e. The van der Waals surface area contributed by atoms with Gasteiger partial charge in [0.05, 0.1) is 5.69 Å². The smallest absolute Gasteiger partial charge is 0.320 e. The molecule has 0 bridgehead atoms. The number of nitrogens with zero attached hydrogens (tertiary/aromatic N) is 2. The zero-order chi connectivity index (χ0) is 18.6. The highest BCUT2D eigenvalue weighted by Gasteiger charge is 2.18. The molecule has 6 heteroatoms. The molecule has 0 spiro atoms. The maximum Gasteiger partial charge on any atom is 0.320 e. The standard InChI is InChI=1S/C19H28N4O2/c1-13-8-14(2)10-16(9-13)23-15(3)11-17(22-23)21-18(25)20-12-19(4,5)6-7-24/h8-11,24H,6-7,12H2,1-5H3,(H2,20,21,22,25). The molecule has 0 saturated carbocycles. The molecule has 1 aromatic heterocycles. The highest BCUT2D eigenvalue weighted by molar-refractivity contribution is 5.88. The number of urea groups is 1. The first kappa shape index (κ1) is 19.0. The number of aryl methyl sites for hydroxylation is 3. The van der Waals surface area contributed by atoms with Crippen LogP contribution in [-0.2, 0) is 0 Å². The summed E-state index contributed by atoms with van der Waals surface area (Å²) in [5, 5.41) is 19.1. The van der Waals surface area contributed by atoms with Gasteiger partial charge in [0, 0.05) is 24.9 Å². The number of aliphatic hydroxyl groups excluding tert-OH is 1. The number of amides is 2. The number of rotatable bonds is 6. The molecule has 136 valence electrons. The number of anilines is 1. The van der Waals surface area contributed by atoms with Gasteiger partial charge in [-0.15, -0.1) is 5.10 Å². The van der Waals surface area contributed by atoms with Gasteiger partial charge in [0.25, 0.3) is 0 Å². The van der Waals surface area contributed by atoms with Crippen molar-refractivity contribution in [2.45, 2.75) is 41.0 Å². The lowest BCUT2D eigenvalue weighted by Gasteiger charge is -2.23. The molecule has 6 nitrogen and oxygen atoms in total. The molecule has 2 rings (SSSR count). The van der Waals surface area contributed by atoms with E-state index < -0.39 is 0 Å². The van der Waals surface area contributed by atoms with Gasteiger partial charge in [-0.1, -0.05) is 19.9 Å². The fraction of sp³-hybridized carbons (Fsp3) is 0.474. The lowest BCUT2D eigenvalue weighted by atomic mass is 9.90. The number of aromatic nitrogens is 2. The summed E-state index contributed by atoms with van der Waals surface area (Å²) in [6.45, 7) is 10.7. The summed E-state index contributed by atoms with van der Waals surface area (Å²) >= 11 is 0. The van der Waals surface area contributed by atoms with Crippen molar-refractivity contribution in [2.24, 2.45) is 5.41 Å². The van der Waals surface area contributed by atoms with Gasteiger partial charge in [0.15, 0.2) is 5.82 Å². The fourth-order valence-corrected chi connectivity index (χ4v) is 2.74. The topological polar surface area (TPSA) is 79.2 Å². The SMILES string of the molecule is Cc1cc(C)cc(-n2nc(NC(=O)NCC(C)(C)CCO)cc2C)c1. The number of hydrogen-bond donors (Lipinski definition) is 3. The van der Waals surface area contributed by atoms with E-state index in [2.05, 4.69) is 47.8 Å². The van der Waals surface area contributed by atoms with E-state index in [0.29, 0.717) is 18.8 Å². The van der Waals surface area contributed by atoms with Crippen LogP contribution >= 0.6 is 0 Å². The van der Waals surface area contributed by atoms with Gasteiger partial charge < -0.3 is 10.4 Å². The Morgan fingerprint density at radius 3 is 2.40 bits per heavy atom.